The maximum absolute atomic E-state index is 9.54. The molecule has 2 atom stereocenters. The minimum absolute atomic E-state index is 0.336. The Labute approximate surface area is 111 Å². The average Bonchev–Trinajstić information content (AvgIpc) is 2.72. The summed E-state index contributed by atoms with van der Waals surface area (Å²) in [5.41, 5.74) is 2.72. The maximum Gasteiger partial charge on any atom is 0.111 e. The first-order chi connectivity index (χ1) is 8.66. The van der Waals surface area contributed by atoms with Crippen molar-refractivity contribution in [3.63, 3.8) is 0 Å². The van der Waals surface area contributed by atoms with Crippen molar-refractivity contribution in [2.24, 2.45) is 5.92 Å². The molecular formula is C16H16OS. The van der Waals surface area contributed by atoms with Crippen LogP contribution in [0.15, 0.2) is 47.6 Å². The molecule has 0 saturated heterocycles. The molecule has 1 aromatic heterocycles. The van der Waals surface area contributed by atoms with Crippen LogP contribution in [0.5, 0.6) is 0 Å². The number of aliphatic hydroxyl groups is 1. The Morgan fingerprint density at radius 3 is 2.89 bits per heavy atom. The van der Waals surface area contributed by atoms with E-state index in [2.05, 4.69) is 43.5 Å². The fourth-order valence-corrected chi connectivity index (χ4v) is 3.78. The van der Waals surface area contributed by atoms with E-state index in [1.54, 1.807) is 0 Å². The molecule has 92 valence electrons. The van der Waals surface area contributed by atoms with Crippen molar-refractivity contribution in [3.8, 4) is 0 Å². The summed E-state index contributed by atoms with van der Waals surface area (Å²) in [5, 5.41) is 13.1. The average molecular weight is 256 g/mol. The normalized spacial score (nSPS) is 23.3. The van der Waals surface area contributed by atoms with Crippen LogP contribution in [-0.4, -0.2) is 5.11 Å². The highest BCUT2D eigenvalue weighted by Gasteiger charge is 2.21. The number of aliphatic hydroxyl groups excluding tert-OH is 1. The first kappa shape index (κ1) is 11.5. The van der Waals surface area contributed by atoms with E-state index in [4.69, 9.17) is 0 Å². The number of hydrogen-bond acceptors (Lipinski definition) is 2. The first-order valence-electron chi connectivity index (χ1n) is 6.22. The number of rotatable bonds is 1. The second-order valence-electron chi connectivity index (χ2n) is 4.98. The van der Waals surface area contributed by atoms with E-state index in [0.29, 0.717) is 17.6 Å². The molecule has 1 aliphatic carbocycles. The second-order valence-corrected chi connectivity index (χ2v) is 5.86. The van der Waals surface area contributed by atoms with Gasteiger partial charge in [0.1, 0.15) is 5.76 Å². The van der Waals surface area contributed by atoms with Crippen LogP contribution in [0.25, 0.3) is 10.1 Å². The van der Waals surface area contributed by atoms with E-state index in [9.17, 15) is 5.11 Å². The molecule has 1 aromatic carbocycles. The van der Waals surface area contributed by atoms with Crippen LogP contribution in [0, 0.1) is 12.8 Å². The topological polar surface area (TPSA) is 20.2 Å². The minimum atomic E-state index is 0.336. The molecule has 3 rings (SSSR count). The Kier molecular flexibility index (Phi) is 2.75. The molecule has 2 unspecified atom stereocenters. The molecule has 0 amide bonds. The number of aryl methyl sites for hydroxylation is 1. The Balaban J connectivity index is 2.13. The summed E-state index contributed by atoms with van der Waals surface area (Å²) >= 11 is 1.82. The van der Waals surface area contributed by atoms with Crippen LogP contribution < -0.4 is 0 Å². The number of benzene rings is 1. The van der Waals surface area contributed by atoms with Gasteiger partial charge in [-0.25, -0.2) is 0 Å². The summed E-state index contributed by atoms with van der Waals surface area (Å²) in [6, 6.07) is 6.53. The van der Waals surface area contributed by atoms with Crippen LogP contribution in [-0.2, 0) is 0 Å². The summed E-state index contributed by atoms with van der Waals surface area (Å²) in [6.45, 7) is 4.32. The number of thiophene rings is 1. The zero-order valence-corrected chi connectivity index (χ0v) is 11.4. The van der Waals surface area contributed by atoms with E-state index in [0.717, 1.165) is 0 Å². The summed E-state index contributed by atoms with van der Waals surface area (Å²) in [5.74, 6) is 1.08. The van der Waals surface area contributed by atoms with E-state index in [1.165, 1.54) is 21.2 Å². The van der Waals surface area contributed by atoms with Gasteiger partial charge in [-0.05, 0) is 46.9 Å². The smallest absolute Gasteiger partial charge is 0.111 e. The van der Waals surface area contributed by atoms with Gasteiger partial charge in [-0.15, -0.1) is 11.3 Å². The lowest BCUT2D eigenvalue weighted by Gasteiger charge is -2.22. The zero-order valence-electron chi connectivity index (χ0n) is 10.6. The van der Waals surface area contributed by atoms with Crippen LogP contribution in [0.3, 0.4) is 0 Å². The van der Waals surface area contributed by atoms with Crippen molar-refractivity contribution < 1.29 is 5.11 Å². The third-order valence-electron chi connectivity index (χ3n) is 3.66. The molecule has 1 aliphatic rings. The molecule has 0 aliphatic heterocycles. The molecule has 2 heteroatoms. The highest BCUT2D eigenvalue weighted by atomic mass is 32.1. The highest BCUT2D eigenvalue weighted by Crippen LogP contribution is 2.38. The second kappa shape index (κ2) is 4.29. The zero-order chi connectivity index (χ0) is 12.7. The lowest BCUT2D eigenvalue weighted by atomic mass is 9.83. The van der Waals surface area contributed by atoms with E-state index in [1.807, 2.05) is 23.5 Å². The highest BCUT2D eigenvalue weighted by molar-refractivity contribution is 7.17. The third kappa shape index (κ3) is 1.77. The van der Waals surface area contributed by atoms with Crippen LogP contribution in [0.2, 0.25) is 0 Å². The summed E-state index contributed by atoms with van der Waals surface area (Å²) < 4.78 is 1.38. The SMILES string of the molecule is Cc1csc2c(C3C=CC(O)=CC3C)cccc12. The van der Waals surface area contributed by atoms with E-state index >= 15 is 0 Å². The van der Waals surface area contributed by atoms with Crippen molar-refractivity contribution >= 4 is 21.4 Å². The van der Waals surface area contributed by atoms with E-state index in [-0.39, 0.29) is 0 Å². The lowest BCUT2D eigenvalue weighted by molar-refractivity contribution is 0.415. The standard InChI is InChI=1S/C16H16OS/c1-10-8-12(17)6-7-13(10)15-5-3-4-14-11(2)9-18-16(14)15/h3-10,13,17H,1-2H3. The van der Waals surface area contributed by atoms with Crippen LogP contribution in [0.1, 0.15) is 24.0 Å². The molecule has 0 spiro atoms. The molecule has 1 nitrogen and oxygen atoms in total. The summed E-state index contributed by atoms with van der Waals surface area (Å²) in [4.78, 5) is 0. The molecule has 2 aromatic rings. The minimum Gasteiger partial charge on any atom is -0.508 e. The third-order valence-corrected chi connectivity index (χ3v) is 4.82. The lowest BCUT2D eigenvalue weighted by Crippen LogP contribution is -2.09. The van der Waals surface area contributed by atoms with Gasteiger partial charge in [0.2, 0.25) is 0 Å². The Morgan fingerprint density at radius 2 is 2.11 bits per heavy atom. The summed E-state index contributed by atoms with van der Waals surface area (Å²) in [6.07, 6.45) is 5.86. The molecule has 0 fully saturated rings. The molecule has 1 heterocycles. The predicted molar refractivity (Wildman–Crippen MR) is 78.3 cm³/mol. The van der Waals surface area contributed by atoms with Gasteiger partial charge in [-0.3, -0.25) is 0 Å². The van der Waals surface area contributed by atoms with Crippen LogP contribution >= 0.6 is 11.3 Å². The van der Waals surface area contributed by atoms with Gasteiger partial charge < -0.3 is 5.11 Å². The molecule has 0 radical (unpaired) electrons. The largest absolute Gasteiger partial charge is 0.508 e. The van der Waals surface area contributed by atoms with Crippen molar-refractivity contribution in [1.82, 2.24) is 0 Å². The van der Waals surface area contributed by atoms with Gasteiger partial charge in [0.15, 0.2) is 0 Å². The van der Waals surface area contributed by atoms with Gasteiger partial charge in [-0.1, -0.05) is 31.2 Å². The Hall–Kier alpha value is -1.54. The molecule has 1 N–H and O–H groups in total. The number of allylic oxidation sites excluding steroid dienone is 3. The molecule has 0 bridgehead atoms. The van der Waals surface area contributed by atoms with Crippen molar-refractivity contribution in [2.45, 2.75) is 19.8 Å². The Morgan fingerprint density at radius 1 is 1.28 bits per heavy atom. The van der Waals surface area contributed by atoms with Gasteiger partial charge in [0.05, 0.1) is 0 Å². The predicted octanol–water partition coefficient (Wildman–Crippen LogP) is 4.94. The quantitative estimate of drug-likeness (QED) is 0.766. The summed E-state index contributed by atoms with van der Waals surface area (Å²) in [7, 11) is 0. The number of fused-ring (bicyclic) bond motifs is 1. The van der Waals surface area contributed by atoms with Crippen LogP contribution in [0.4, 0.5) is 0 Å². The number of hydrogen-bond donors (Lipinski definition) is 1. The van der Waals surface area contributed by atoms with Crippen molar-refractivity contribution in [2.75, 3.05) is 0 Å². The Bertz CT molecular complexity index is 648. The molecular weight excluding hydrogens is 240 g/mol. The monoisotopic (exact) mass is 256 g/mol. The maximum atomic E-state index is 9.54. The van der Waals surface area contributed by atoms with Crippen molar-refractivity contribution in [1.29, 1.82) is 0 Å². The molecule has 0 saturated carbocycles. The van der Waals surface area contributed by atoms with Gasteiger partial charge >= 0.3 is 0 Å². The molecule has 18 heavy (non-hydrogen) atoms. The van der Waals surface area contributed by atoms with Gasteiger partial charge in [0, 0.05) is 10.6 Å². The first-order valence-corrected chi connectivity index (χ1v) is 7.10. The van der Waals surface area contributed by atoms with Gasteiger partial charge in [-0.2, -0.15) is 0 Å². The fraction of sp³-hybridized carbons (Fsp3) is 0.250. The van der Waals surface area contributed by atoms with E-state index < -0.39 is 0 Å². The van der Waals surface area contributed by atoms with Crippen molar-refractivity contribution in [3.05, 3.63) is 58.7 Å². The van der Waals surface area contributed by atoms with Gasteiger partial charge in [0.25, 0.3) is 0 Å². The fourth-order valence-electron chi connectivity index (χ4n) is 2.66.